The average molecular weight is 180 g/mol. The minimum Gasteiger partial charge on any atom is -0.311 e. The summed E-state index contributed by atoms with van der Waals surface area (Å²) in [4.78, 5) is 0. The molecular weight excluding hydrogens is 172 g/mol. The predicted molar refractivity (Wildman–Crippen MR) is 34.5 cm³/mol. The number of fused-ring (bicyclic) bond motifs is 1. The molecule has 2 saturated heterocycles. The van der Waals surface area contributed by atoms with Gasteiger partial charge >= 0.3 is 10.4 Å². The van der Waals surface area contributed by atoms with Gasteiger partial charge in [0.25, 0.3) is 0 Å². The lowest BCUT2D eigenvalue weighted by Gasteiger charge is -2.23. The minimum absolute atomic E-state index is 0.478. The molecule has 2 fully saturated rings. The van der Waals surface area contributed by atoms with E-state index in [1.807, 2.05) is 0 Å². The Bertz CT molecular complexity index is 231. The van der Waals surface area contributed by atoms with Gasteiger partial charge in [-0.25, -0.2) is 4.18 Å². The van der Waals surface area contributed by atoms with Crippen LogP contribution in [-0.2, 0) is 18.9 Å². The van der Waals surface area contributed by atoms with Crippen LogP contribution in [0.15, 0.2) is 0 Å². The lowest BCUT2D eigenvalue weighted by Crippen LogP contribution is -2.47. The molecule has 2 aliphatic rings. The van der Waals surface area contributed by atoms with Crippen molar-refractivity contribution in [3.05, 3.63) is 0 Å². The van der Waals surface area contributed by atoms with E-state index in [0.29, 0.717) is 13.1 Å². The number of nitrogens with zero attached hydrogens (tertiary/aromatic N) is 1. The summed E-state index contributed by atoms with van der Waals surface area (Å²) in [6.07, 6.45) is -0.478. The molecule has 0 amide bonds. The normalized spacial score (nSPS) is 36.9. The highest BCUT2D eigenvalue weighted by Gasteiger charge is 2.39. The Hall–Kier alpha value is -0.210. The zero-order valence-corrected chi connectivity index (χ0v) is 6.50. The number of rotatable bonds is 0. The van der Waals surface area contributed by atoms with Crippen molar-refractivity contribution in [2.45, 2.75) is 6.23 Å². The standard InChI is InChI=1S/C4H8N2O4S/c7-11(8)9-4-3-5-1-2-6(4)10-11/h4-5H,1-3H2. The Morgan fingerprint density at radius 2 is 2.36 bits per heavy atom. The van der Waals surface area contributed by atoms with Crippen molar-refractivity contribution >= 4 is 10.4 Å². The van der Waals surface area contributed by atoms with E-state index in [4.69, 9.17) is 0 Å². The van der Waals surface area contributed by atoms with Crippen LogP contribution in [0, 0.1) is 0 Å². The van der Waals surface area contributed by atoms with Crippen molar-refractivity contribution in [1.29, 1.82) is 0 Å². The van der Waals surface area contributed by atoms with Gasteiger partial charge in [-0.3, -0.25) is 0 Å². The lowest BCUT2D eigenvalue weighted by molar-refractivity contribution is -0.107. The molecule has 1 unspecified atom stereocenters. The lowest BCUT2D eigenvalue weighted by atomic mass is 10.4. The van der Waals surface area contributed by atoms with Gasteiger partial charge in [0.2, 0.25) is 0 Å². The molecule has 0 aromatic carbocycles. The summed E-state index contributed by atoms with van der Waals surface area (Å²) in [6.45, 7) is 1.73. The van der Waals surface area contributed by atoms with Crippen molar-refractivity contribution in [1.82, 2.24) is 10.4 Å². The predicted octanol–water partition coefficient (Wildman–Crippen LogP) is -1.58. The SMILES string of the molecule is O=S1(=O)OC2CNCCN2O1. The van der Waals surface area contributed by atoms with Crippen molar-refractivity contribution in [2.75, 3.05) is 19.6 Å². The summed E-state index contributed by atoms with van der Waals surface area (Å²) in [6, 6.07) is 0. The summed E-state index contributed by atoms with van der Waals surface area (Å²) in [5, 5.41) is 4.31. The molecule has 64 valence electrons. The van der Waals surface area contributed by atoms with Crippen LogP contribution in [0.4, 0.5) is 0 Å². The van der Waals surface area contributed by atoms with Gasteiger partial charge in [-0.1, -0.05) is 0 Å². The first-order valence-electron chi connectivity index (χ1n) is 3.27. The molecule has 2 rings (SSSR count). The van der Waals surface area contributed by atoms with Gasteiger partial charge in [0, 0.05) is 19.6 Å². The molecule has 2 heterocycles. The molecule has 6 nitrogen and oxygen atoms in total. The Balaban J connectivity index is 2.15. The Kier molecular flexibility index (Phi) is 1.62. The Labute approximate surface area is 64.4 Å². The first-order valence-corrected chi connectivity index (χ1v) is 4.61. The van der Waals surface area contributed by atoms with E-state index in [1.54, 1.807) is 0 Å². The van der Waals surface area contributed by atoms with Gasteiger partial charge in [-0.15, -0.1) is 5.06 Å². The number of hydrogen-bond acceptors (Lipinski definition) is 6. The number of hydroxylamine groups is 2. The van der Waals surface area contributed by atoms with Gasteiger partial charge in [-0.2, -0.15) is 12.7 Å². The van der Waals surface area contributed by atoms with E-state index >= 15 is 0 Å². The largest absolute Gasteiger partial charge is 0.418 e. The van der Waals surface area contributed by atoms with E-state index in [1.165, 1.54) is 5.06 Å². The molecule has 0 aromatic rings. The topological polar surface area (TPSA) is 67.9 Å². The van der Waals surface area contributed by atoms with Crippen LogP contribution < -0.4 is 5.32 Å². The molecular formula is C4H8N2O4S. The summed E-state index contributed by atoms with van der Waals surface area (Å²) >= 11 is 0. The van der Waals surface area contributed by atoms with Crippen molar-refractivity contribution in [2.24, 2.45) is 0 Å². The Morgan fingerprint density at radius 1 is 1.55 bits per heavy atom. The van der Waals surface area contributed by atoms with Crippen LogP contribution in [0.2, 0.25) is 0 Å². The van der Waals surface area contributed by atoms with Crippen LogP contribution in [0.25, 0.3) is 0 Å². The second kappa shape index (κ2) is 2.39. The van der Waals surface area contributed by atoms with E-state index in [9.17, 15) is 8.42 Å². The van der Waals surface area contributed by atoms with Crippen LogP contribution in [0.1, 0.15) is 0 Å². The smallest absolute Gasteiger partial charge is 0.311 e. The monoisotopic (exact) mass is 180 g/mol. The van der Waals surface area contributed by atoms with Gasteiger partial charge in [-0.05, 0) is 0 Å². The molecule has 0 aromatic heterocycles. The number of piperazine rings is 1. The Morgan fingerprint density at radius 3 is 3.09 bits per heavy atom. The van der Waals surface area contributed by atoms with E-state index in [-0.39, 0.29) is 0 Å². The van der Waals surface area contributed by atoms with Crippen LogP contribution in [0.3, 0.4) is 0 Å². The van der Waals surface area contributed by atoms with Crippen LogP contribution in [0.5, 0.6) is 0 Å². The molecule has 2 aliphatic heterocycles. The third kappa shape index (κ3) is 1.37. The maximum absolute atomic E-state index is 10.7. The molecule has 0 spiro atoms. The molecule has 0 radical (unpaired) electrons. The molecule has 0 saturated carbocycles. The maximum Gasteiger partial charge on any atom is 0.418 e. The zero-order chi connectivity index (χ0) is 7.90. The number of nitrogens with one attached hydrogen (secondary N) is 1. The van der Waals surface area contributed by atoms with E-state index in [2.05, 4.69) is 13.8 Å². The molecule has 7 heteroatoms. The quantitative estimate of drug-likeness (QED) is 0.485. The highest BCUT2D eigenvalue weighted by Crippen LogP contribution is 2.19. The summed E-state index contributed by atoms with van der Waals surface area (Å²) < 4.78 is 30.4. The van der Waals surface area contributed by atoms with Gasteiger partial charge < -0.3 is 5.32 Å². The fourth-order valence-corrected chi connectivity index (χ4v) is 1.98. The second-order valence-corrected chi connectivity index (χ2v) is 3.54. The maximum atomic E-state index is 10.7. The zero-order valence-electron chi connectivity index (χ0n) is 5.69. The first kappa shape index (κ1) is 7.44. The average Bonchev–Trinajstić information content (AvgIpc) is 2.21. The molecule has 0 aliphatic carbocycles. The van der Waals surface area contributed by atoms with Crippen LogP contribution >= 0.6 is 0 Å². The third-order valence-electron chi connectivity index (χ3n) is 1.57. The summed E-state index contributed by atoms with van der Waals surface area (Å²) in [7, 11) is -3.74. The van der Waals surface area contributed by atoms with Gasteiger partial charge in [0.15, 0.2) is 6.23 Å². The summed E-state index contributed by atoms with van der Waals surface area (Å²) in [5.74, 6) is 0. The molecule has 11 heavy (non-hydrogen) atoms. The third-order valence-corrected chi connectivity index (χ3v) is 2.40. The van der Waals surface area contributed by atoms with E-state index in [0.717, 1.165) is 6.54 Å². The van der Waals surface area contributed by atoms with Gasteiger partial charge in [0.05, 0.1) is 0 Å². The highest BCUT2D eigenvalue weighted by molar-refractivity contribution is 7.82. The van der Waals surface area contributed by atoms with Crippen molar-refractivity contribution in [3.8, 4) is 0 Å². The van der Waals surface area contributed by atoms with Crippen LogP contribution in [-0.4, -0.2) is 39.3 Å². The highest BCUT2D eigenvalue weighted by atomic mass is 32.3. The minimum atomic E-state index is -3.74. The second-order valence-electron chi connectivity index (χ2n) is 2.38. The van der Waals surface area contributed by atoms with E-state index < -0.39 is 16.6 Å². The molecule has 1 N–H and O–H groups in total. The molecule has 1 atom stereocenters. The van der Waals surface area contributed by atoms with Crippen molar-refractivity contribution < 1.29 is 16.9 Å². The summed E-state index contributed by atoms with van der Waals surface area (Å²) in [5.41, 5.74) is 0. The first-order chi connectivity index (χ1) is 5.17. The van der Waals surface area contributed by atoms with Crippen molar-refractivity contribution in [3.63, 3.8) is 0 Å². The fourth-order valence-electron chi connectivity index (χ4n) is 1.10. The number of hydrogen-bond donors (Lipinski definition) is 1. The fraction of sp³-hybridized carbons (Fsp3) is 1.00. The molecule has 0 bridgehead atoms. The van der Waals surface area contributed by atoms with Gasteiger partial charge in [0.1, 0.15) is 0 Å².